The Balaban J connectivity index is 1.97. The number of hydrogen-bond donors (Lipinski definition) is 1. The van der Waals surface area contributed by atoms with Crippen molar-refractivity contribution in [1.29, 1.82) is 0 Å². The van der Waals surface area contributed by atoms with Crippen LogP contribution in [0, 0.1) is 0 Å². The van der Waals surface area contributed by atoms with Crippen molar-refractivity contribution in [2.75, 3.05) is 19.5 Å². The van der Waals surface area contributed by atoms with Gasteiger partial charge >= 0.3 is 5.97 Å². The molecular weight excluding hydrogens is 344 g/mol. The fourth-order valence-electron chi connectivity index (χ4n) is 2.61. The lowest BCUT2D eigenvalue weighted by atomic mass is 10.1. The maximum atomic E-state index is 11.9. The number of benzene rings is 1. The van der Waals surface area contributed by atoms with Crippen LogP contribution in [0.5, 0.6) is 5.75 Å². The fourth-order valence-corrected chi connectivity index (χ4v) is 2.90. The molecule has 25 heavy (non-hydrogen) atoms. The van der Waals surface area contributed by atoms with E-state index >= 15 is 0 Å². The topological polar surface area (TPSA) is 92.3 Å². The zero-order valence-electron chi connectivity index (χ0n) is 13.8. The number of aromatic nitrogens is 3. The van der Waals surface area contributed by atoms with E-state index in [-0.39, 0.29) is 17.1 Å². The van der Waals surface area contributed by atoms with Gasteiger partial charge in [0.2, 0.25) is 5.95 Å². The van der Waals surface area contributed by atoms with E-state index in [9.17, 15) is 4.79 Å². The van der Waals surface area contributed by atoms with Crippen molar-refractivity contribution in [1.82, 2.24) is 14.5 Å². The van der Waals surface area contributed by atoms with Crippen LogP contribution >= 0.6 is 11.6 Å². The Hall–Kier alpha value is -2.80. The van der Waals surface area contributed by atoms with E-state index in [0.717, 1.165) is 5.56 Å². The van der Waals surface area contributed by atoms with Gasteiger partial charge < -0.3 is 19.8 Å². The molecule has 2 heterocycles. The first-order valence-electron chi connectivity index (χ1n) is 7.65. The molecule has 0 radical (unpaired) electrons. The molecule has 0 aliphatic rings. The largest absolute Gasteiger partial charge is 0.496 e. The molecule has 8 heteroatoms. The summed E-state index contributed by atoms with van der Waals surface area (Å²) in [4.78, 5) is 20.0. The van der Waals surface area contributed by atoms with E-state index in [2.05, 4.69) is 9.97 Å². The lowest BCUT2D eigenvalue weighted by Gasteiger charge is -2.12. The molecule has 1 aromatic carbocycles. The Morgan fingerprint density at radius 2 is 2.12 bits per heavy atom. The Morgan fingerprint density at radius 1 is 1.32 bits per heavy atom. The highest BCUT2D eigenvalue weighted by Gasteiger charge is 2.14. The number of ether oxygens (including phenoxy) is 2. The van der Waals surface area contributed by atoms with Crippen LogP contribution < -0.4 is 10.5 Å². The minimum absolute atomic E-state index is 0.131. The van der Waals surface area contributed by atoms with E-state index in [1.54, 1.807) is 26.2 Å². The normalized spacial score (nSPS) is 10.8. The molecule has 0 atom stereocenters. The zero-order chi connectivity index (χ0) is 18.0. The van der Waals surface area contributed by atoms with Crippen LogP contribution in [-0.2, 0) is 11.3 Å². The quantitative estimate of drug-likeness (QED) is 0.555. The molecule has 0 unspecified atom stereocenters. The molecule has 0 fully saturated rings. The van der Waals surface area contributed by atoms with Crippen LogP contribution in [0.3, 0.4) is 0 Å². The van der Waals surface area contributed by atoms with Crippen LogP contribution in [-0.4, -0.2) is 34.2 Å². The second kappa shape index (κ2) is 6.98. The summed E-state index contributed by atoms with van der Waals surface area (Å²) in [6.07, 6.45) is 1.85. The summed E-state index contributed by atoms with van der Waals surface area (Å²) < 4.78 is 12.3. The summed E-state index contributed by atoms with van der Waals surface area (Å²) in [5.74, 6) is 0.331. The van der Waals surface area contributed by atoms with E-state index in [1.165, 1.54) is 0 Å². The van der Waals surface area contributed by atoms with Gasteiger partial charge in [0.1, 0.15) is 11.3 Å². The number of fused-ring (bicyclic) bond motifs is 1. The molecular formula is C17H17ClN4O3. The van der Waals surface area contributed by atoms with Gasteiger partial charge in [0, 0.05) is 11.8 Å². The third-order valence-corrected chi connectivity index (χ3v) is 3.99. The molecule has 2 aromatic heterocycles. The first-order chi connectivity index (χ1) is 12.0. The molecule has 130 valence electrons. The van der Waals surface area contributed by atoms with Gasteiger partial charge in [0.05, 0.1) is 31.3 Å². The van der Waals surface area contributed by atoms with E-state index in [1.807, 2.05) is 22.9 Å². The molecule has 0 saturated heterocycles. The second-order valence-electron chi connectivity index (χ2n) is 5.30. The maximum absolute atomic E-state index is 11.9. The number of hydrogen-bond acceptors (Lipinski definition) is 6. The van der Waals surface area contributed by atoms with Crippen LogP contribution in [0.15, 0.2) is 30.5 Å². The highest BCUT2D eigenvalue weighted by atomic mass is 35.5. The van der Waals surface area contributed by atoms with Crippen LogP contribution in [0.1, 0.15) is 22.8 Å². The number of halogens is 1. The van der Waals surface area contributed by atoms with Crippen LogP contribution in [0.4, 0.5) is 5.95 Å². The standard InChI is InChI=1S/C17H17ClN4O3/c1-3-25-16(23)10-4-5-11(13(8-10)24-2)9-22-7-6-12-14(22)15(18)21-17(19)20-12/h4-8H,3,9H2,1-2H3,(H2,19,20,21). The lowest BCUT2D eigenvalue weighted by Crippen LogP contribution is -2.07. The molecule has 7 nitrogen and oxygen atoms in total. The third-order valence-electron chi connectivity index (χ3n) is 3.72. The predicted octanol–water partition coefficient (Wildman–Crippen LogP) is 2.90. The number of methoxy groups -OCH3 is 1. The second-order valence-corrected chi connectivity index (χ2v) is 5.66. The summed E-state index contributed by atoms with van der Waals surface area (Å²) in [5.41, 5.74) is 8.29. The first-order valence-corrected chi connectivity index (χ1v) is 8.03. The summed E-state index contributed by atoms with van der Waals surface area (Å²) in [7, 11) is 1.55. The van der Waals surface area contributed by atoms with Crippen molar-refractivity contribution in [2.45, 2.75) is 13.5 Å². The van der Waals surface area contributed by atoms with Crippen molar-refractivity contribution in [2.24, 2.45) is 0 Å². The highest BCUT2D eigenvalue weighted by molar-refractivity contribution is 6.33. The van der Waals surface area contributed by atoms with Gasteiger partial charge in [-0.25, -0.2) is 9.78 Å². The van der Waals surface area contributed by atoms with E-state index in [4.69, 9.17) is 26.8 Å². The van der Waals surface area contributed by atoms with Gasteiger partial charge in [-0.05, 0) is 25.1 Å². The molecule has 0 aliphatic heterocycles. The van der Waals surface area contributed by atoms with Crippen molar-refractivity contribution < 1.29 is 14.3 Å². The number of carbonyl (C=O) groups is 1. The zero-order valence-corrected chi connectivity index (χ0v) is 14.6. The first kappa shape index (κ1) is 17.0. The Bertz CT molecular complexity index is 939. The summed E-state index contributed by atoms with van der Waals surface area (Å²) in [6, 6.07) is 7.01. The number of rotatable bonds is 5. The van der Waals surface area contributed by atoms with Gasteiger partial charge in [-0.1, -0.05) is 17.7 Å². The average Bonchev–Trinajstić information content (AvgIpc) is 2.98. The minimum atomic E-state index is -0.384. The average molecular weight is 361 g/mol. The third kappa shape index (κ3) is 3.36. The van der Waals surface area contributed by atoms with Gasteiger partial charge in [0.25, 0.3) is 0 Å². The number of nitrogens with two attached hydrogens (primary N) is 1. The van der Waals surface area contributed by atoms with Crippen molar-refractivity contribution in [3.63, 3.8) is 0 Å². The van der Waals surface area contributed by atoms with Crippen LogP contribution in [0.2, 0.25) is 5.15 Å². The summed E-state index contributed by atoms with van der Waals surface area (Å²) in [6.45, 7) is 2.56. The highest BCUT2D eigenvalue weighted by Crippen LogP contribution is 2.26. The van der Waals surface area contributed by atoms with Gasteiger partial charge in [-0.3, -0.25) is 0 Å². The predicted molar refractivity (Wildman–Crippen MR) is 95.0 cm³/mol. The van der Waals surface area contributed by atoms with Crippen molar-refractivity contribution >= 4 is 34.6 Å². The summed E-state index contributed by atoms with van der Waals surface area (Å²) in [5, 5.41) is 0.287. The van der Waals surface area contributed by atoms with Crippen LogP contribution in [0.25, 0.3) is 11.0 Å². The Labute approximate surface area is 149 Å². The smallest absolute Gasteiger partial charge is 0.338 e. The van der Waals surface area contributed by atoms with E-state index in [0.29, 0.717) is 35.5 Å². The Morgan fingerprint density at radius 3 is 2.84 bits per heavy atom. The number of anilines is 1. The monoisotopic (exact) mass is 360 g/mol. The molecule has 3 rings (SSSR count). The van der Waals surface area contributed by atoms with Gasteiger partial charge in [-0.15, -0.1) is 0 Å². The number of esters is 1. The number of nitrogens with zero attached hydrogens (tertiary/aromatic N) is 3. The molecule has 3 aromatic rings. The fraction of sp³-hybridized carbons (Fsp3) is 0.235. The number of nitrogen functional groups attached to an aromatic ring is 1. The number of carbonyl (C=O) groups excluding carboxylic acids is 1. The molecule has 0 spiro atoms. The molecule has 2 N–H and O–H groups in total. The van der Waals surface area contributed by atoms with Gasteiger partial charge in [0.15, 0.2) is 5.15 Å². The van der Waals surface area contributed by atoms with Gasteiger partial charge in [-0.2, -0.15) is 4.98 Å². The minimum Gasteiger partial charge on any atom is -0.496 e. The molecule has 0 bridgehead atoms. The SMILES string of the molecule is CCOC(=O)c1ccc(Cn2ccc3nc(N)nc(Cl)c32)c(OC)c1. The molecule has 0 saturated carbocycles. The molecule has 0 amide bonds. The van der Waals surface area contributed by atoms with Crippen molar-refractivity contribution in [3.8, 4) is 5.75 Å². The lowest BCUT2D eigenvalue weighted by molar-refractivity contribution is 0.0526. The Kier molecular flexibility index (Phi) is 4.76. The van der Waals surface area contributed by atoms with E-state index < -0.39 is 0 Å². The maximum Gasteiger partial charge on any atom is 0.338 e. The molecule has 0 aliphatic carbocycles. The van der Waals surface area contributed by atoms with Crippen molar-refractivity contribution in [3.05, 3.63) is 46.7 Å². The summed E-state index contributed by atoms with van der Waals surface area (Å²) >= 11 is 6.21.